The molecule has 9 heteroatoms. The molecule has 0 bridgehead atoms. The topological polar surface area (TPSA) is 127 Å². The Morgan fingerprint density at radius 1 is 0.903 bits per heavy atom. The predicted octanol–water partition coefficient (Wildman–Crippen LogP) is 2.14. The largest absolute Gasteiger partial charge is 0.473 e. The van der Waals surface area contributed by atoms with E-state index in [0.29, 0.717) is 12.1 Å². The molecule has 2 fully saturated rings. The summed E-state index contributed by atoms with van der Waals surface area (Å²) in [6.07, 6.45) is 5.73. The molecule has 0 radical (unpaired) electrons. The first-order valence-corrected chi connectivity index (χ1v) is 10.6. The maximum atomic E-state index is 12.5. The summed E-state index contributed by atoms with van der Waals surface area (Å²) in [5.41, 5.74) is 1.45. The van der Waals surface area contributed by atoms with Gasteiger partial charge in [-0.3, -0.25) is 14.5 Å². The standard InChI is InChI=1S/C20H29N3O2.C2H2O4/c1-16-9-13-22(14-10-16)15-19(24)21-18-7-5-17(6-8-18)20(25)23-11-3-2-4-12-23;3-1(4)2(5)6/h5-8,16H,2-4,9-15H2,1H3,(H,21,24);(H,3,4)(H,5,6). The van der Waals surface area contributed by atoms with Crippen molar-refractivity contribution in [3.8, 4) is 0 Å². The highest BCUT2D eigenvalue weighted by atomic mass is 16.4. The van der Waals surface area contributed by atoms with Crippen LogP contribution in [0.2, 0.25) is 0 Å². The summed E-state index contributed by atoms with van der Waals surface area (Å²) < 4.78 is 0. The van der Waals surface area contributed by atoms with Crippen LogP contribution in [0.1, 0.15) is 49.4 Å². The van der Waals surface area contributed by atoms with Gasteiger partial charge < -0.3 is 20.4 Å². The molecule has 0 aliphatic carbocycles. The number of carbonyl (C=O) groups is 4. The van der Waals surface area contributed by atoms with Crippen LogP contribution >= 0.6 is 0 Å². The zero-order valence-electron chi connectivity index (χ0n) is 17.9. The minimum absolute atomic E-state index is 0.0182. The predicted molar refractivity (Wildman–Crippen MR) is 115 cm³/mol. The minimum Gasteiger partial charge on any atom is -0.473 e. The number of nitrogens with one attached hydrogen (secondary N) is 1. The highest BCUT2D eigenvalue weighted by Gasteiger charge is 2.19. The summed E-state index contributed by atoms with van der Waals surface area (Å²) in [7, 11) is 0. The third-order valence-corrected chi connectivity index (χ3v) is 5.49. The fourth-order valence-electron chi connectivity index (χ4n) is 3.60. The number of aliphatic carboxylic acids is 2. The molecule has 2 aliphatic rings. The molecule has 0 aromatic heterocycles. The maximum Gasteiger partial charge on any atom is 0.414 e. The fourth-order valence-corrected chi connectivity index (χ4v) is 3.60. The number of likely N-dealkylation sites (tertiary alicyclic amines) is 2. The molecule has 0 saturated carbocycles. The molecule has 2 amide bonds. The Kier molecular flexibility index (Phi) is 9.45. The van der Waals surface area contributed by atoms with E-state index in [1.165, 1.54) is 19.3 Å². The lowest BCUT2D eigenvalue weighted by Crippen LogP contribution is -2.38. The summed E-state index contributed by atoms with van der Waals surface area (Å²) in [6.45, 7) is 6.42. The maximum absolute atomic E-state index is 12.5. The van der Waals surface area contributed by atoms with Gasteiger partial charge in [0.25, 0.3) is 5.91 Å². The third kappa shape index (κ3) is 8.37. The number of hydrogen-bond donors (Lipinski definition) is 3. The van der Waals surface area contributed by atoms with Crippen LogP contribution in [0, 0.1) is 5.92 Å². The average molecular weight is 434 g/mol. The molecular weight excluding hydrogens is 402 g/mol. The highest BCUT2D eigenvalue weighted by Crippen LogP contribution is 2.17. The van der Waals surface area contributed by atoms with E-state index in [4.69, 9.17) is 19.8 Å². The molecule has 0 spiro atoms. The zero-order valence-corrected chi connectivity index (χ0v) is 17.9. The number of nitrogens with zero attached hydrogens (tertiary/aromatic N) is 2. The van der Waals surface area contributed by atoms with Gasteiger partial charge in [0.05, 0.1) is 6.54 Å². The van der Waals surface area contributed by atoms with Gasteiger partial charge in [0.2, 0.25) is 5.91 Å². The van der Waals surface area contributed by atoms with Gasteiger partial charge in [0.1, 0.15) is 0 Å². The molecule has 0 unspecified atom stereocenters. The van der Waals surface area contributed by atoms with Gasteiger partial charge in [-0.15, -0.1) is 0 Å². The number of carboxylic acids is 2. The van der Waals surface area contributed by atoms with Gasteiger partial charge in [0.15, 0.2) is 0 Å². The summed E-state index contributed by atoms with van der Waals surface area (Å²) in [4.78, 5) is 47.0. The second kappa shape index (κ2) is 12.0. The van der Waals surface area contributed by atoms with Crippen LogP contribution in [0.25, 0.3) is 0 Å². The van der Waals surface area contributed by atoms with Crippen molar-refractivity contribution in [2.24, 2.45) is 5.92 Å². The zero-order chi connectivity index (χ0) is 22.8. The lowest BCUT2D eigenvalue weighted by Gasteiger charge is -2.29. The Bertz CT molecular complexity index is 754. The molecule has 2 saturated heterocycles. The summed E-state index contributed by atoms with van der Waals surface area (Å²) in [6, 6.07) is 7.28. The van der Waals surface area contributed by atoms with E-state index in [0.717, 1.165) is 50.6 Å². The van der Waals surface area contributed by atoms with Gasteiger partial charge in [-0.05, 0) is 75.4 Å². The lowest BCUT2D eigenvalue weighted by molar-refractivity contribution is -0.159. The van der Waals surface area contributed by atoms with Gasteiger partial charge in [-0.25, -0.2) is 9.59 Å². The van der Waals surface area contributed by atoms with E-state index in [2.05, 4.69) is 17.1 Å². The summed E-state index contributed by atoms with van der Waals surface area (Å²) in [5.74, 6) is -2.76. The van der Waals surface area contributed by atoms with Crippen molar-refractivity contribution in [2.75, 3.05) is 38.0 Å². The fraction of sp³-hybridized carbons (Fsp3) is 0.545. The van der Waals surface area contributed by atoms with Crippen molar-refractivity contribution in [1.82, 2.24) is 9.80 Å². The first-order valence-electron chi connectivity index (χ1n) is 10.6. The monoisotopic (exact) mass is 433 g/mol. The Labute approximate surface area is 182 Å². The molecule has 3 rings (SSSR count). The molecule has 1 aromatic carbocycles. The SMILES string of the molecule is CC1CCN(CC(=O)Nc2ccc(C(=O)N3CCCCC3)cc2)CC1.O=C(O)C(=O)O. The molecule has 2 aliphatic heterocycles. The molecular formula is C22H31N3O6. The summed E-state index contributed by atoms with van der Waals surface area (Å²) in [5, 5.41) is 17.7. The first kappa shape index (κ1) is 24.3. The van der Waals surface area contributed by atoms with Crippen LogP contribution < -0.4 is 5.32 Å². The van der Waals surface area contributed by atoms with E-state index in [1.54, 1.807) is 0 Å². The van der Waals surface area contributed by atoms with Crippen LogP contribution in [0.15, 0.2) is 24.3 Å². The van der Waals surface area contributed by atoms with Crippen molar-refractivity contribution in [3.63, 3.8) is 0 Å². The lowest BCUT2D eigenvalue weighted by atomic mass is 9.99. The average Bonchev–Trinajstić information content (AvgIpc) is 2.76. The van der Waals surface area contributed by atoms with Crippen molar-refractivity contribution in [1.29, 1.82) is 0 Å². The van der Waals surface area contributed by atoms with E-state index in [1.807, 2.05) is 29.2 Å². The number of hydrogen-bond acceptors (Lipinski definition) is 5. The second-order valence-corrected chi connectivity index (χ2v) is 8.05. The second-order valence-electron chi connectivity index (χ2n) is 8.05. The molecule has 0 atom stereocenters. The van der Waals surface area contributed by atoms with E-state index in [9.17, 15) is 9.59 Å². The molecule has 2 heterocycles. The van der Waals surface area contributed by atoms with Crippen LogP contribution in [-0.4, -0.2) is 76.5 Å². The minimum atomic E-state index is -1.82. The van der Waals surface area contributed by atoms with Crippen molar-refractivity contribution >= 4 is 29.4 Å². The van der Waals surface area contributed by atoms with Gasteiger partial charge in [-0.2, -0.15) is 0 Å². The van der Waals surface area contributed by atoms with Crippen molar-refractivity contribution < 1.29 is 29.4 Å². The number of benzene rings is 1. The molecule has 31 heavy (non-hydrogen) atoms. The molecule has 170 valence electrons. The van der Waals surface area contributed by atoms with E-state index in [-0.39, 0.29) is 11.8 Å². The Morgan fingerprint density at radius 2 is 1.45 bits per heavy atom. The molecule has 3 N–H and O–H groups in total. The van der Waals surface area contributed by atoms with Gasteiger partial charge in [-0.1, -0.05) is 6.92 Å². The number of piperidine rings is 2. The highest BCUT2D eigenvalue weighted by molar-refractivity contribution is 6.27. The van der Waals surface area contributed by atoms with Gasteiger partial charge >= 0.3 is 11.9 Å². The first-order chi connectivity index (χ1) is 14.8. The van der Waals surface area contributed by atoms with Gasteiger partial charge in [0, 0.05) is 24.3 Å². The van der Waals surface area contributed by atoms with Crippen LogP contribution in [0.4, 0.5) is 5.69 Å². The quantitative estimate of drug-likeness (QED) is 0.621. The molecule has 9 nitrogen and oxygen atoms in total. The van der Waals surface area contributed by atoms with Crippen molar-refractivity contribution in [2.45, 2.75) is 39.0 Å². The van der Waals surface area contributed by atoms with E-state index >= 15 is 0 Å². The Hall–Kier alpha value is -2.94. The van der Waals surface area contributed by atoms with Crippen LogP contribution in [-0.2, 0) is 14.4 Å². The van der Waals surface area contributed by atoms with E-state index < -0.39 is 11.9 Å². The van der Waals surface area contributed by atoms with Crippen molar-refractivity contribution in [3.05, 3.63) is 29.8 Å². The Balaban J connectivity index is 0.000000501. The number of anilines is 1. The van der Waals surface area contributed by atoms with Crippen LogP contribution in [0.3, 0.4) is 0 Å². The molecule has 1 aromatic rings. The normalized spacial score (nSPS) is 17.3. The number of carbonyl (C=O) groups excluding carboxylic acids is 2. The third-order valence-electron chi connectivity index (χ3n) is 5.49. The summed E-state index contributed by atoms with van der Waals surface area (Å²) >= 11 is 0. The number of amides is 2. The van der Waals surface area contributed by atoms with Crippen LogP contribution in [0.5, 0.6) is 0 Å². The smallest absolute Gasteiger partial charge is 0.414 e. The number of carboxylic acid groups (broad SMARTS) is 2. The number of rotatable bonds is 4. The Morgan fingerprint density at radius 3 is 1.97 bits per heavy atom.